The Kier molecular flexibility index (Phi) is 3.10. The highest BCUT2D eigenvalue weighted by Gasteiger charge is 2.12. The Balaban J connectivity index is 2.06. The molecule has 15 heavy (non-hydrogen) atoms. The Morgan fingerprint density at radius 1 is 1.20 bits per heavy atom. The second-order valence-corrected chi connectivity index (χ2v) is 3.52. The van der Waals surface area contributed by atoms with Crippen LogP contribution in [0, 0.1) is 11.3 Å². The predicted octanol–water partition coefficient (Wildman–Crippen LogP) is 1.16. The normalized spacial score (nSPS) is 17.0. The van der Waals surface area contributed by atoms with E-state index in [0.717, 1.165) is 13.1 Å². The molecule has 78 valence electrons. The van der Waals surface area contributed by atoms with Gasteiger partial charge in [-0.3, -0.25) is 0 Å². The van der Waals surface area contributed by atoms with Gasteiger partial charge in [0.25, 0.3) is 0 Å². The van der Waals surface area contributed by atoms with Crippen LogP contribution < -0.4 is 5.43 Å². The van der Waals surface area contributed by atoms with E-state index < -0.39 is 0 Å². The van der Waals surface area contributed by atoms with Gasteiger partial charge in [0.05, 0.1) is 0 Å². The maximum atomic E-state index is 8.84. The Bertz CT molecular complexity index is 364. The van der Waals surface area contributed by atoms with Crippen LogP contribution >= 0.6 is 0 Å². The van der Waals surface area contributed by atoms with E-state index in [1.165, 1.54) is 25.5 Å². The van der Waals surface area contributed by atoms with Gasteiger partial charge < -0.3 is 5.43 Å². The van der Waals surface area contributed by atoms with Crippen molar-refractivity contribution in [3.05, 3.63) is 18.1 Å². The SMILES string of the molecule is N#Cc1nccnc1NN1CCCCC1. The van der Waals surface area contributed by atoms with Crippen LogP contribution in [0.15, 0.2) is 12.4 Å². The van der Waals surface area contributed by atoms with Crippen molar-refractivity contribution in [3.63, 3.8) is 0 Å². The van der Waals surface area contributed by atoms with Crippen LogP contribution in [0.25, 0.3) is 0 Å². The number of piperidine rings is 1. The van der Waals surface area contributed by atoms with Crippen LogP contribution in [0.4, 0.5) is 5.82 Å². The number of nitrogens with zero attached hydrogens (tertiary/aromatic N) is 4. The predicted molar refractivity (Wildman–Crippen MR) is 55.8 cm³/mol. The molecule has 0 spiro atoms. The summed E-state index contributed by atoms with van der Waals surface area (Å²) in [7, 11) is 0. The third-order valence-corrected chi connectivity index (χ3v) is 2.42. The Hall–Kier alpha value is -1.67. The maximum Gasteiger partial charge on any atom is 0.184 e. The molecule has 0 atom stereocenters. The minimum absolute atomic E-state index is 0.350. The zero-order chi connectivity index (χ0) is 10.5. The molecule has 1 aliphatic heterocycles. The van der Waals surface area contributed by atoms with E-state index in [4.69, 9.17) is 5.26 Å². The molecule has 1 N–H and O–H groups in total. The zero-order valence-electron chi connectivity index (χ0n) is 8.48. The highest BCUT2D eigenvalue weighted by atomic mass is 15.5. The average Bonchev–Trinajstić information content (AvgIpc) is 2.31. The van der Waals surface area contributed by atoms with Gasteiger partial charge in [0.1, 0.15) is 6.07 Å². The maximum absolute atomic E-state index is 8.84. The molecule has 5 nitrogen and oxygen atoms in total. The molecule has 0 aliphatic carbocycles. The van der Waals surface area contributed by atoms with Crippen molar-refractivity contribution in [1.82, 2.24) is 15.0 Å². The van der Waals surface area contributed by atoms with Gasteiger partial charge in [-0.15, -0.1) is 0 Å². The van der Waals surface area contributed by atoms with Gasteiger partial charge in [0.2, 0.25) is 0 Å². The van der Waals surface area contributed by atoms with Crippen LogP contribution in [0.5, 0.6) is 0 Å². The summed E-state index contributed by atoms with van der Waals surface area (Å²) in [5, 5.41) is 10.9. The lowest BCUT2D eigenvalue weighted by molar-refractivity contribution is 0.272. The van der Waals surface area contributed by atoms with Crippen molar-refractivity contribution < 1.29 is 0 Å². The summed E-state index contributed by atoms with van der Waals surface area (Å²) in [5.41, 5.74) is 3.49. The van der Waals surface area contributed by atoms with Crippen molar-refractivity contribution in [1.29, 1.82) is 5.26 Å². The molecule has 2 rings (SSSR count). The van der Waals surface area contributed by atoms with E-state index in [0.29, 0.717) is 11.5 Å². The summed E-state index contributed by atoms with van der Waals surface area (Å²) in [5.74, 6) is 0.557. The molecule has 0 amide bonds. The molecule has 2 heterocycles. The van der Waals surface area contributed by atoms with Gasteiger partial charge in [0.15, 0.2) is 11.5 Å². The van der Waals surface area contributed by atoms with Gasteiger partial charge in [-0.2, -0.15) is 5.26 Å². The van der Waals surface area contributed by atoms with Crippen molar-refractivity contribution in [2.45, 2.75) is 19.3 Å². The second kappa shape index (κ2) is 4.71. The number of nitriles is 1. The molecule has 0 unspecified atom stereocenters. The van der Waals surface area contributed by atoms with E-state index in [9.17, 15) is 0 Å². The molecule has 0 aromatic carbocycles. The van der Waals surface area contributed by atoms with E-state index >= 15 is 0 Å². The molecule has 5 heteroatoms. The highest BCUT2D eigenvalue weighted by molar-refractivity contribution is 5.45. The summed E-state index contributed by atoms with van der Waals surface area (Å²) < 4.78 is 0. The number of aromatic nitrogens is 2. The molecule has 0 saturated carbocycles. The summed E-state index contributed by atoms with van der Waals surface area (Å²) in [6.45, 7) is 2.00. The lowest BCUT2D eigenvalue weighted by Gasteiger charge is -2.27. The summed E-state index contributed by atoms with van der Waals surface area (Å²) in [4.78, 5) is 8.06. The van der Waals surface area contributed by atoms with Gasteiger partial charge in [-0.1, -0.05) is 6.42 Å². The summed E-state index contributed by atoms with van der Waals surface area (Å²) >= 11 is 0. The topological polar surface area (TPSA) is 64.8 Å². The largest absolute Gasteiger partial charge is 0.301 e. The third-order valence-electron chi connectivity index (χ3n) is 2.42. The van der Waals surface area contributed by atoms with E-state index in [1.807, 2.05) is 6.07 Å². The number of nitrogens with one attached hydrogen (secondary N) is 1. The lowest BCUT2D eigenvalue weighted by Crippen LogP contribution is -2.35. The molecular formula is C10H13N5. The summed E-state index contributed by atoms with van der Waals surface area (Å²) in [6, 6.07) is 2.02. The first-order valence-electron chi connectivity index (χ1n) is 5.13. The van der Waals surface area contributed by atoms with Crippen molar-refractivity contribution >= 4 is 5.82 Å². The van der Waals surface area contributed by atoms with E-state index in [1.54, 1.807) is 6.20 Å². The van der Waals surface area contributed by atoms with Gasteiger partial charge >= 0.3 is 0 Å². The number of anilines is 1. The van der Waals surface area contributed by atoms with Gasteiger partial charge in [-0.05, 0) is 12.8 Å². The molecular weight excluding hydrogens is 190 g/mol. The Labute approximate surface area is 88.7 Å². The smallest absolute Gasteiger partial charge is 0.184 e. The minimum Gasteiger partial charge on any atom is -0.301 e. The Morgan fingerprint density at radius 3 is 2.67 bits per heavy atom. The van der Waals surface area contributed by atoms with Crippen LogP contribution in [0.3, 0.4) is 0 Å². The fourth-order valence-corrected chi connectivity index (χ4v) is 1.66. The number of hydrogen-bond donors (Lipinski definition) is 1. The molecule has 1 fully saturated rings. The number of rotatable bonds is 2. The van der Waals surface area contributed by atoms with E-state index in [-0.39, 0.29) is 0 Å². The van der Waals surface area contributed by atoms with Crippen LogP contribution in [-0.2, 0) is 0 Å². The lowest BCUT2D eigenvalue weighted by atomic mass is 10.2. The molecule has 1 saturated heterocycles. The molecule has 1 aliphatic rings. The van der Waals surface area contributed by atoms with Crippen LogP contribution in [0.1, 0.15) is 25.0 Å². The third kappa shape index (κ3) is 2.42. The monoisotopic (exact) mass is 203 g/mol. The molecule has 0 radical (unpaired) electrons. The molecule has 0 bridgehead atoms. The summed E-state index contributed by atoms with van der Waals surface area (Å²) in [6.07, 6.45) is 6.78. The number of hydrazine groups is 1. The minimum atomic E-state index is 0.350. The van der Waals surface area contributed by atoms with Crippen LogP contribution in [-0.4, -0.2) is 28.1 Å². The highest BCUT2D eigenvalue weighted by Crippen LogP contribution is 2.12. The van der Waals surface area contributed by atoms with Crippen LogP contribution in [0.2, 0.25) is 0 Å². The van der Waals surface area contributed by atoms with Gasteiger partial charge in [-0.25, -0.2) is 15.0 Å². The fraction of sp³-hybridized carbons (Fsp3) is 0.500. The number of hydrogen-bond acceptors (Lipinski definition) is 5. The van der Waals surface area contributed by atoms with Crippen molar-refractivity contribution in [2.75, 3.05) is 18.5 Å². The van der Waals surface area contributed by atoms with Crippen molar-refractivity contribution in [3.8, 4) is 6.07 Å². The first-order valence-corrected chi connectivity index (χ1v) is 5.13. The standard InChI is InChI=1S/C10H13N5/c11-8-9-10(13-5-4-12-9)14-15-6-2-1-3-7-15/h4-5H,1-3,6-7H2,(H,13,14). The second-order valence-electron chi connectivity index (χ2n) is 3.52. The average molecular weight is 203 g/mol. The van der Waals surface area contributed by atoms with Gasteiger partial charge in [0, 0.05) is 25.5 Å². The van der Waals surface area contributed by atoms with Crippen molar-refractivity contribution in [2.24, 2.45) is 0 Å². The zero-order valence-corrected chi connectivity index (χ0v) is 8.48. The first-order chi connectivity index (χ1) is 7.40. The molecule has 1 aromatic heterocycles. The quantitative estimate of drug-likeness (QED) is 0.781. The van der Waals surface area contributed by atoms with E-state index in [2.05, 4.69) is 20.4 Å². The first kappa shape index (κ1) is 9.87. The Morgan fingerprint density at radius 2 is 1.93 bits per heavy atom. The molecule has 1 aromatic rings. The fourth-order valence-electron chi connectivity index (χ4n) is 1.66.